The number of hydrogen-bond donors (Lipinski definition) is 0. The predicted octanol–water partition coefficient (Wildman–Crippen LogP) is 4.40. The number of benzene rings is 2. The number of piperazine rings is 1. The molecule has 1 unspecified atom stereocenters. The molecule has 13 heteroatoms. The number of carbonyl (C=O) groups is 1. The molecule has 1 saturated heterocycles. The van der Waals surface area contributed by atoms with Gasteiger partial charge in [0.1, 0.15) is 5.75 Å². The third-order valence-electron chi connectivity index (χ3n) is 5.50. The van der Waals surface area contributed by atoms with Crippen LogP contribution in [0.1, 0.15) is 22.8 Å². The molecule has 2 aromatic carbocycles. The van der Waals surface area contributed by atoms with Crippen molar-refractivity contribution in [3.05, 3.63) is 53.6 Å². The Kier molecular flexibility index (Phi) is 7.30. The molecule has 1 fully saturated rings. The molecule has 1 amide bonds. The molecule has 0 saturated carbocycles. The standard InChI is InChI=1S/C22H22F6N2O4S/c1-14(21(23,24)25)34-19-8-7-17(35(2,32)33)13-18(19)20(31)30-11-9-29(10-12-30)16-5-3-15(4-6-16)22(26,27)28/h3-8,13-14H,9-12H2,1-2H3. The van der Waals surface area contributed by atoms with E-state index in [9.17, 15) is 39.6 Å². The highest BCUT2D eigenvalue weighted by molar-refractivity contribution is 7.90. The van der Waals surface area contributed by atoms with Crippen LogP contribution in [-0.2, 0) is 16.0 Å². The van der Waals surface area contributed by atoms with Gasteiger partial charge in [-0.05, 0) is 49.4 Å². The van der Waals surface area contributed by atoms with Gasteiger partial charge in [0.15, 0.2) is 15.9 Å². The number of anilines is 1. The van der Waals surface area contributed by atoms with Crippen molar-refractivity contribution < 1.29 is 44.3 Å². The van der Waals surface area contributed by atoms with Crippen LogP contribution < -0.4 is 9.64 Å². The summed E-state index contributed by atoms with van der Waals surface area (Å²) in [5.41, 5.74) is -0.597. The molecular formula is C22H22F6N2O4S. The maximum Gasteiger partial charge on any atom is 0.425 e. The van der Waals surface area contributed by atoms with Gasteiger partial charge in [-0.1, -0.05) is 0 Å². The first-order valence-corrected chi connectivity index (χ1v) is 12.3. The minimum Gasteiger partial charge on any atom is -0.480 e. The summed E-state index contributed by atoms with van der Waals surface area (Å²) < 4.78 is 106. The number of sulfone groups is 1. The van der Waals surface area contributed by atoms with Crippen molar-refractivity contribution >= 4 is 21.4 Å². The average Bonchev–Trinajstić information content (AvgIpc) is 2.77. The van der Waals surface area contributed by atoms with E-state index in [1.165, 1.54) is 17.0 Å². The Hall–Kier alpha value is -2.96. The second-order valence-corrected chi connectivity index (χ2v) is 10.1. The van der Waals surface area contributed by atoms with Gasteiger partial charge < -0.3 is 14.5 Å². The van der Waals surface area contributed by atoms with Gasteiger partial charge in [-0.2, -0.15) is 26.3 Å². The molecule has 2 aromatic rings. The average molecular weight is 524 g/mol. The molecule has 1 heterocycles. The molecule has 35 heavy (non-hydrogen) atoms. The van der Waals surface area contributed by atoms with Gasteiger partial charge in [-0.25, -0.2) is 8.42 Å². The fraction of sp³-hybridized carbons (Fsp3) is 0.409. The Morgan fingerprint density at radius 2 is 1.51 bits per heavy atom. The van der Waals surface area contributed by atoms with E-state index in [0.717, 1.165) is 43.5 Å². The molecule has 0 N–H and O–H groups in total. The van der Waals surface area contributed by atoms with Gasteiger partial charge >= 0.3 is 12.4 Å². The molecule has 6 nitrogen and oxygen atoms in total. The topological polar surface area (TPSA) is 66.9 Å². The van der Waals surface area contributed by atoms with Crippen LogP contribution in [0, 0.1) is 0 Å². The van der Waals surface area contributed by atoms with Crippen LogP contribution >= 0.6 is 0 Å². The van der Waals surface area contributed by atoms with Crippen molar-refractivity contribution in [2.45, 2.75) is 30.3 Å². The van der Waals surface area contributed by atoms with Crippen LogP contribution in [0.5, 0.6) is 5.75 Å². The third kappa shape index (κ3) is 6.38. The van der Waals surface area contributed by atoms with E-state index in [1.54, 1.807) is 4.90 Å². The first-order valence-electron chi connectivity index (χ1n) is 10.4. The van der Waals surface area contributed by atoms with Gasteiger partial charge in [0.05, 0.1) is 16.0 Å². The molecule has 0 radical (unpaired) electrons. The number of carbonyl (C=O) groups excluding carboxylic acids is 1. The van der Waals surface area contributed by atoms with E-state index < -0.39 is 45.5 Å². The summed E-state index contributed by atoms with van der Waals surface area (Å²) >= 11 is 0. The largest absolute Gasteiger partial charge is 0.480 e. The Morgan fingerprint density at radius 3 is 2.00 bits per heavy atom. The monoisotopic (exact) mass is 524 g/mol. The van der Waals surface area contributed by atoms with Crippen molar-refractivity contribution in [3.63, 3.8) is 0 Å². The summed E-state index contributed by atoms with van der Waals surface area (Å²) in [5, 5.41) is 0. The van der Waals surface area contributed by atoms with Crippen LogP contribution in [0.2, 0.25) is 0 Å². The van der Waals surface area contributed by atoms with E-state index in [1.807, 2.05) is 0 Å². The number of ether oxygens (including phenoxy) is 1. The second-order valence-electron chi connectivity index (χ2n) is 8.06. The first kappa shape index (κ1) is 26.6. The minimum atomic E-state index is -4.71. The molecule has 0 aromatic heterocycles. The second kappa shape index (κ2) is 9.59. The van der Waals surface area contributed by atoms with Crippen molar-refractivity contribution in [3.8, 4) is 5.75 Å². The van der Waals surface area contributed by atoms with Gasteiger partial charge in [0.2, 0.25) is 0 Å². The molecule has 0 bridgehead atoms. The van der Waals surface area contributed by atoms with Crippen molar-refractivity contribution in [1.82, 2.24) is 4.90 Å². The van der Waals surface area contributed by atoms with Gasteiger partial charge in [0, 0.05) is 38.1 Å². The fourth-order valence-corrected chi connectivity index (χ4v) is 4.11. The van der Waals surface area contributed by atoms with Crippen LogP contribution in [-0.4, -0.2) is 63.9 Å². The zero-order valence-electron chi connectivity index (χ0n) is 18.7. The maximum atomic E-state index is 13.2. The molecule has 192 valence electrons. The lowest BCUT2D eigenvalue weighted by atomic mass is 10.1. The molecule has 1 aliphatic heterocycles. The Morgan fingerprint density at radius 1 is 0.943 bits per heavy atom. The molecule has 1 atom stereocenters. The normalized spacial score (nSPS) is 16.2. The van der Waals surface area contributed by atoms with Crippen molar-refractivity contribution in [2.75, 3.05) is 37.3 Å². The van der Waals surface area contributed by atoms with Gasteiger partial charge in [-0.3, -0.25) is 4.79 Å². The maximum absolute atomic E-state index is 13.2. The molecule has 0 aliphatic carbocycles. The SMILES string of the molecule is CC(Oc1ccc(S(C)(=O)=O)cc1C(=O)N1CCN(c2ccc(C(F)(F)F)cc2)CC1)C(F)(F)F. The van der Waals surface area contributed by atoms with Crippen molar-refractivity contribution in [1.29, 1.82) is 0 Å². The van der Waals surface area contributed by atoms with Crippen molar-refractivity contribution in [2.24, 2.45) is 0 Å². The number of rotatable bonds is 5. The molecule has 0 spiro atoms. The summed E-state index contributed by atoms with van der Waals surface area (Å²) in [6.07, 6.45) is -10.5. The Balaban J connectivity index is 1.79. The quantitative estimate of drug-likeness (QED) is 0.543. The predicted molar refractivity (Wildman–Crippen MR) is 115 cm³/mol. The lowest BCUT2D eigenvalue weighted by Crippen LogP contribution is -2.49. The number of alkyl halides is 6. The smallest absolute Gasteiger partial charge is 0.425 e. The van der Waals surface area contributed by atoms with Gasteiger partial charge in [-0.15, -0.1) is 0 Å². The third-order valence-corrected chi connectivity index (χ3v) is 6.61. The molecule has 3 rings (SSSR count). The van der Waals surface area contributed by atoms with Crippen LogP contribution in [0.4, 0.5) is 32.0 Å². The summed E-state index contributed by atoms with van der Waals surface area (Å²) in [4.78, 5) is 16.0. The Bertz CT molecular complexity index is 1170. The summed E-state index contributed by atoms with van der Waals surface area (Å²) in [7, 11) is -3.76. The van der Waals surface area contributed by atoms with Crippen LogP contribution in [0.25, 0.3) is 0 Å². The van der Waals surface area contributed by atoms with E-state index in [-0.39, 0.29) is 36.6 Å². The minimum absolute atomic E-state index is 0.108. The van der Waals surface area contributed by atoms with E-state index in [2.05, 4.69) is 0 Å². The molecule has 1 aliphatic rings. The number of hydrogen-bond acceptors (Lipinski definition) is 5. The number of nitrogens with zero attached hydrogens (tertiary/aromatic N) is 2. The first-order chi connectivity index (χ1) is 16.1. The van der Waals surface area contributed by atoms with E-state index in [0.29, 0.717) is 5.69 Å². The molecular weight excluding hydrogens is 502 g/mol. The summed E-state index contributed by atoms with van der Waals surface area (Å²) in [5.74, 6) is -1.12. The lowest BCUT2D eigenvalue weighted by molar-refractivity contribution is -0.189. The van der Waals surface area contributed by atoms with Gasteiger partial charge in [0.25, 0.3) is 5.91 Å². The van der Waals surface area contributed by atoms with E-state index in [4.69, 9.17) is 4.74 Å². The Labute approximate surface area is 198 Å². The highest BCUT2D eigenvalue weighted by Crippen LogP contribution is 2.32. The summed E-state index contributed by atoms with van der Waals surface area (Å²) in [6.45, 7) is 1.48. The lowest BCUT2D eigenvalue weighted by Gasteiger charge is -2.36. The fourth-order valence-electron chi connectivity index (χ4n) is 3.47. The highest BCUT2D eigenvalue weighted by atomic mass is 32.2. The van der Waals surface area contributed by atoms with Crippen LogP contribution in [0.3, 0.4) is 0 Å². The number of halogens is 6. The highest BCUT2D eigenvalue weighted by Gasteiger charge is 2.39. The number of amides is 1. The zero-order valence-corrected chi connectivity index (χ0v) is 19.5. The van der Waals surface area contributed by atoms with E-state index >= 15 is 0 Å². The summed E-state index contributed by atoms with van der Waals surface area (Å²) in [6, 6.07) is 7.61. The zero-order chi connectivity index (χ0) is 26.2. The van der Waals surface area contributed by atoms with Crippen LogP contribution in [0.15, 0.2) is 47.4 Å².